The molecule has 1 atom stereocenters. The Labute approximate surface area is 109 Å². The van der Waals surface area contributed by atoms with E-state index in [1.807, 2.05) is 6.92 Å². The number of nitrogens with zero attached hydrogens (tertiary/aromatic N) is 4. The van der Waals surface area contributed by atoms with Crippen LogP contribution in [0.15, 0.2) is 10.7 Å². The van der Waals surface area contributed by atoms with E-state index in [2.05, 4.69) is 15.2 Å². The van der Waals surface area contributed by atoms with Gasteiger partial charge >= 0.3 is 0 Å². The summed E-state index contributed by atoms with van der Waals surface area (Å²) in [6, 6.07) is 0. The molecule has 0 bridgehead atoms. The van der Waals surface area contributed by atoms with Gasteiger partial charge in [-0.15, -0.1) is 0 Å². The maximum atomic E-state index is 6.09. The van der Waals surface area contributed by atoms with Crippen LogP contribution in [0.5, 0.6) is 0 Å². The van der Waals surface area contributed by atoms with Crippen molar-refractivity contribution < 1.29 is 9.26 Å². The Hall–Kier alpha value is -1.40. The van der Waals surface area contributed by atoms with Gasteiger partial charge in [-0.2, -0.15) is 10.1 Å². The highest BCUT2D eigenvalue weighted by atomic mass is 35.5. The van der Waals surface area contributed by atoms with Crippen LogP contribution >= 0.6 is 11.6 Å². The number of aromatic nitrogens is 4. The minimum Gasteiger partial charge on any atom is -0.381 e. The summed E-state index contributed by atoms with van der Waals surface area (Å²) in [4.78, 5) is 4.40. The van der Waals surface area contributed by atoms with Crippen LogP contribution in [-0.4, -0.2) is 33.1 Å². The van der Waals surface area contributed by atoms with Crippen molar-refractivity contribution in [2.45, 2.75) is 25.8 Å². The fourth-order valence-corrected chi connectivity index (χ4v) is 2.27. The lowest BCUT2D eigenvalue weighted by molar-refractivity contribution is 0.192. The molecule has 0 spiro atoms. The third kappa shape index (κ3) is 1.91. The lowest BCUT2D eigenvalue weighted by atomic mass is 10.1. The molecule has 2 aromatic rings. The van der Waals surface area contributed by atoms with Crippen molar-refractivity contribution >= 4 is 11.6 Å². The quantitative estimate of drug-likeness (QED) is 0.853. The van der Waals surface area contributed by atoms with Crippen LogP contribution in [-0.2, 0) is 11.3 Å². The zero-order valence-electron chi connectivity index (χ0n) is 9.97. The van der Waals surface area contributed by atoms with E-state index in [1.165, 1.54) is 0 Å². The Balaban J connectivity index is 1.94. The predicted molar refractivity (Wildman–Crippen MR) is 64.4 cm³/mol. The maximum Gasteiger partial charge on any atom is 0.277 e. The molecule has 3 heterocycles. The van der Waals surface area contributed by atoms with E-state index in [9.17, 15) is 0 Å². The van der Waals surface area contributed by atoms with Gasteiger partial charge < -0.3 is 9.26 Å². The second-order valence-corrected chi connectivity index (χ2v) is 4.58. The molecule has 6 nitrogen and oxygen atoms in total. The van der Waals surface area contributed by atoms with Gasteiger partial charge in [0.1, 0.15) is 5.69 Å². The van der Waals surface area contributed by atoms with E-state index in [4.69, 9.17) is 20.9 Å². The molecule has 18 heavy (non-hydrogen) atoms. The summed E-state index contributed by atoms with van der Waals surface area (Å²) in [7, 11) is 0. The minimum absolute atomic E-state index is 0.222. The number of aryl methyl sites for hydroxylation is 1. The van der Waals surface area contributed by atoms with Crippen LogP contribution in [0.25, 0.3) is 11.6 Å². The molecular weight excluding hydrogens is 256 g/mol. The zero-order chi connectivity index (χ0) is 12.5. The van der Waals surface area contributed by atoms with Crippen LogP contribution in [0.4, 0.5) is 0 Å². The first kappa shape index (κ1) is 11.7. The summed E-state index contributed by atoms with van der Waals surface area (Å²) in [5.41, 5.74) is 0.678. The summed E-state index contributed by atoms with van der Waals surface area (Å²) in [6.45, 7) is 4.09. The van der Waals surface area contributed by atoms with Gasteiger partial charge in [-0.25, -0.2) is 0 Å². The van der Waals surface area contributed by atoms with Crippen LogP contribution in [0.2, 0.25) is 5.02 Å². The van der Waals surface area contributed by atoms with Crippen LogP contribution in [0.1, 0.15) is 25.1 Å². The van der Waals surface area contributed by atoms with E-state index < -0.39 is 0 Å². The van der Waals surface area contributed by atoms with Gasteiger partial charge in [-0.3, -0.25) is 4.68 Å². The molecule has 0 amide bonds. The fourth-order valence-electron chi connectivity index (χ4n) is 2.05. The van der Waals surface area contributed by atoms with Crippen LogP contribution in [0.3, 0.4) is 0 Å². The fraction of sp³-hybridized carbons (Fsp3) is 0.545. The normalized spacial score (nSPS) is 19.6. The summed E-state index contributed by atoms with van der Waals surface area (Å²) >= 11 is 6.09. The average Bonchev–Trinajstić information content (AvgIpc) is 3.07. The third-order valence-corrected chi connectivity index (χ3v) is 3.31. The summed E-state index contributed by atoms with van der Waals surface area (Å²) in [6.07, 6.45) is 2.52. The first-order valence-corrected chi connectivity index (χ1v) is 6.30. The number of halogens is 1. The Morgan fingerprint density at radius 2 is 2.44 bits per heavy atom. The molecular formula is C11H13ClN4O2. The third-order valence-electron chi connectivity index (χ3n) is 3.03. The molecule has 0 aliphatic carbocycles. The van der Waals surface area contributed by atoms with Gasteiger partial charge in [-0.1, -0.05) is 16.8 Å². The van der Waals surface area contributed by atoms with Crippen LogP contribution in [0, 0.1) is 0 Å². The number of ether oxygens (including phenoxy) is 1. The van der Waals surface area contributed by atoms with Crippen molar-refractivity contribution in [3.8, 4) is 11.6 Å². The molecule has 1 saturated heterocycles. The molecule has 0 radical (unpaired) electrons. The number of rotatable bonds is 3. The Morgan fingerprint density at radius 3 is 3.17 bits per heavy atom. The lowest BCUT2D eigenvalue weighted by Crippen LogP contribution is -2.01. The van der Waals surface area contributed by atoms with Gasteiger partial charge in [0.05, 0.1) is 17.8 Å². The highest BCUT2D eigenvalue weighted by molar-refractivity contribution is 6.32. The second kappa shape index (κ2) is 4.70. The molecule has 0 N–H and O–H groups in total. The molecule has 1 aliphatic rings. The van der Waals surface area contributed by atoms with E-state index in [-0.39, 0.29) is 5.92 Å². The van der Waals surface area contributed by atoms with Crippen LogP contribution < -0.4 is 0 Å². The Bertz CT molecular complexity index is 545. The molecule has 7 heteroatoms. The smallest absolute Gasteiger partial charge is 0.277 e. The van der Waals surface area contributed by atoms with Gasteiger partial charge in [0.2, 0.25) is 0 Å². The zero-order valence-corrected chi connectivity index (χ0v) is 10.7. The molecule has 1 fully saturated rings. The topological polar surface area (TPSA) is 66.0 Å². The SMILES string of the molecule is CCn1ncc(Cl)c1-c1nc(C2CCOC2)no1. The number of hydrogen-bond acceptors (Lipinski definition) is 5. The Kier molecular flexibility index (Phi) is 3.05. The van der Waals surface area contributed by atoms with Gasteiger partial charge in [0.15, 0.2) is 5.82 Å². The summed E-state index contributed by atoms with van der Waals surface area (Å²) < 4.78 is 12.3. The summed E-state index contributed by atoms with van der Waals surface area (Å²) in [5, 5.41) is 8.68. The largest absolute Gasteiger partial charge is 0.381 e. The van der Waals surface area contributed by atoms with Crippen molar-refractivity contribution in [3.05, 3.63) is 17.0 Å². The van der Waals surface area contributed by atoms with Crippen molar-refractivity contribution in [3.63, 3.8) is 0 Å². The van der Waals surface area contributed by atoms with Gasteiger partial charge in [-0.05, 0) is 13.3 Å². The lowest BCUT2D eigenvalue weighted by Gasteiger charge is -2.00. The first-order valence-electron chi connectivity index (χ1n) is 5.92. The average molecular weight is 269 g/mol. The molecule has 0 aromatic carbocycles. The predicted octanol–water partition coefficient (Wildman–Crippen LogP) is 2.11. The second-order valence-electron chi connectivity index (χ2n) is 4.18. The van der Waals surface area contributed by atoms with E-state index >= 15 is 0 Å². The van der Waals surface area contributed by atoms with E-state index in [0.29, 0.717) is 35.6 Å². The standard InChI is InChI=1S/C11H13ClN4O2/c1-2-16-9(8(12)5-13-16)11-14-10(15-18-11)7-3-4-17-6-7/h5,7H,2-4,6H2,1H3. The molecule has 96 valence electrons. The Morgan fingerprint density at radius 1 is 1.56 bits per heavy atom. The van der Waals surface area contributed by atoms with Gasteiger partial charge in [0.25, 0.3) is 5.89 Å². The van der Waals surface area contributed by atoms with E-state index in [0.717, 1.165) is 13.0 Å². The highest BCUT2D eigenvalue weighted by Gasteiger charge is 2.25. The molecule has 3 rings (SSSR count). The highest BCUT2D eigenvalue weighted by Crippen LogP contribution is 2.29. The maximum absolute atomic E-state index is 6.09. The molecule has 2 aromatic heterocycles. The first-order chi connectivity index (χ1) is 8.79. The van der Waals surface area contributed by atoms with Crippen molar-refractivity contribution in [1.82, 2.24) is 19.9 Å². The van der Waals surface area contributed by atoms with Crippen molar-refractivity contribution in [1.29, 1.82) is 0 Å². The molecule has 1 aliphatic heterocycles. The van der Waals surface area contributed by atoms with E-state index in [1.54, 1.807) is 10.9 Å². The summed E-state index contributed by atoms with van der Waals surface area (Å²) in [5.74, 6) is 1.32. The minimum atomic E-state index is 0.222. The van der Waals surface area contributed by atoms with Gasteiger partial charge in [0, 0.05) is 19.1 Å². The molecule has 0 saturated carbocycles. The van der Waals surface area contributed by atoms with Crippen molar-refractivity contribution in [2.75, 3.05) is 13.2 Å². The van der Waals surface area contributed by atoms with Crippen molar-refractivity contribution in [2.24, 2.45) is 0 Å². The monoisotopic (exact) mass is 268 g/mol. The molecule has 1 unspecified atom stereocenters. The number of hydrogen-bond donors (Lipinski definition) is 0.